The second kappa shape index (κ2) is 7.35. The van der Waals surface area contributed by atoms with Crippen LogP contribution >= 0.6 is 23.1 Å². The molecule has 1 saturated carbocycles. The Balaban J connectivity index is 1.39. The number of hydrogen-bond donors (Lipinski definition) is 1. The summed E-state index contributed by atoms with van der Waals surface area (Å²) in [6, 6.07) is 0.434. The smallest absolute Gasteiger partial charge is 0.210 e. The zero-order valence-corrected chi connectivity index (χ0v) is 16.9. The fourth-order valence-corrected chi connectivity index (χ4v) is 6.35. The van der Waals surface area contributed by atoms with E-state index in [0.29, 0.717) is 17.6 Å². The zero-order valence-electron chi connectivity index (χ0n) is 15.2. The van der Waals surface area contributed by atoms with Gasteiger partial charge in [-0.1, -0.05) is 31.0 Å². The molecule has 2 N–H and O–H groups in total. The molecule has 1 fully saturated rings. The van der Waals surface area contributed by atoms with Gasteiger partial charge in [-0.3, -0.25) is 0 Å². The molecule has 0 saturated heterocycles. The Morgan fingerprint density at radius 3 is 2.81 bits per heavy atom. The van der Waals surface area contributed by atoms with Crippen LogP contribution in [0.3, 0.4) is 0 Å². The van der Waals surface area contributed by atoms with Crippen molar-refractivity contribution in [3.63, 3.8) is 0 Å². The minimum atomic E-state index is 0.434. The Morgan fingerprint density at radius 1 is 1.07 bits per heavy atom. The minimum absolute atomic E-state index is 0.434. The van der Waals surface area contributed by atoms with Crippen LogP contribution in [0.2, 0.25) is 0 Å². The van der Waals surface area contributed by atoms with E-state index in [-0.39, 0.29) is 0 Å². The molecule has 0 amide bonds. The third-order valence-corrected chi connectivity index (χ3v) is 7.72. The number of nitrogen functional groups attached to an aromatic ring is 1. The van der Waals surface area contributed by atoms with E-state index >= 15 is 0 Å². The first kappa shape index (κ1) is 17.4. The molecule has 2 aliphatic rings. The Morgan fingerprint density at radius 2 is 1.93 bits per heavy atom. The van der Waals surface area contributed by atoms with Crippen LogP contribution in [0.1, 0.15) is 67.3 Å². The predicted molar refractivity (Wildman–Crippen MR) is 108 cm³/mol. The van der Waals surface area contributed by atoms with Crippen LogP contribution in [0, 0.1) is 0 Å². The van der Waals surface area contributed by atoms with Gasteiger partial charge in [0.2, 0.25) is 5.16 Å². The topological polar surface area (TPSA) is 95.4 Å². The first-order valence-corrected chi connectivity index (χ1v) is 11.6. The van der Waals surface area contributed by atoms with Gasteiger partial charge in [0.15, 0.2) is 0 Å². The first-order valence-electron chi connectivity index (χ1n) is 9.77. The van der Waals surface area contributed by atoms with Crippen molar-refractivity contribution in [1.82, 2.24) is 30.2 Å². The van der Waals surface area contributed by atoms with Crippen LogP contribution in [0.4, 0.5) is 5.82 Å². The predicted octanol–water partition coefficient (Wildman–Crippen LogP) is 3.94. The Labute approximate surface area is 166 Å². The summed E-state index contributed by atoms with van der Waals surface area (Å²) in [7, 11) is 0. The molecule has 2 aliphatic carbocycles. The van der Waals surface area contributed by atoms with Crippen molar-refractivity contribution in [2.24, 2.45) is 0 Å². The number of thioether (sulfide) groups is 1. The molecule has 27 heavy (non-hydrogen) atoms. The second-order valence-corrected chi connectivity index (χ2v) is 9.43. The van der Waals surface area contributed by atoms with E-state index in [1.54, 1.807) is 23.1 Å². The molecular weight excluding hydrogens is 378 g/mol. The van der Waals surface area contributed by atoms with Gasteiger partial charge >= 0.3 is 0 Å². The number of aryl methyl sites for hydroxylation is 2. The molecule has 3 aromatic rings. The highest BCUT2D eigenvalue weighted by Crippen LogP contribution is 2.38. The van der Waals surface area contributed by atoms with Gasteiger partial charge in [-0.05, 0) is 54.5 Å². The lowest BCUT2D eigenvalue weighted by atomic mass is 10.1. The molecule has 142 valence electrons. The van der Waals surface area contributed by atoms with E-state index in [2.05, 4.69) is 20.5 Å². The van der Waals surface area contributed by atoms with Gasteiger partial charge in [-0.15, -0.1) is 16.4 Å². The second-order valence-electron chi connectivity index (χ2n) is 7.40. The number of aromatic nitrogens is 6. The van der Waals surface area contributed by atoms with Gasteiger partial charge in [0.1, 0.15) is 16.5 Å². The number of fused-ring (bicyclic) bond motifs is 3. The Hall–Kier alpha value is -1.74. The normalized spacial score (nSPS) is 18.1. The Kier molecular flexibility index (Phi) is 4.73. The third-order valence-electron chi connectivity index (χ3n) is 5.60. The van der Waals surface area contributed by atoms with E-state index in [1.807, 2.05) is 4.68 Å². The van der Waals surface area contributed by atoms with E-state index in [4.69, 9.17) is 10.7 Å². The number of rotatable bonds is 4. The van der Waals surface area contributed by atoms with Gasteiger partial charge in [-0.2, -0.15) is 0 Å². The number of nitrogens with zero attached hydrogens (tertiary/aromatic N) is 6. The standard InChI is InChI=1S/C18H23N7S2/c19-16-15-12-8-2-1-3-9-13(12)27-17(15)21-14(20-16)10-26-18-22-23-24-25(18)11-6-4-5-7-11/h11H,1-10H2,(H2,19,20,21). The summed E-state index contributed by atoms with van der Waals surface area (Å²) in [6.07, 6.45) is 10.9. The van der Waals surface area contributed by atoms with Crippen molar-refractivity contribution >= 4 is 39.1 Å². The summed E-state index contributed by atoms with van der Waals surface area (Å²) < 4.78 is 1.98. The molecule has 0 aromatic carbocycles. The molecule has 3 heterocycles. The lowest BCUT2D eigenvalue weighted by molar-refractivity contribution is 0.423. The summed E-state index contributed by atoms with van der Waals surface area (Å²) in [6.45, 7) is 0. The quantitative estimate of drug-likeness (QED) is 0.522. The monoisotopic (exact) mass is 401 g/mol. The molecule has 0 spiro atoms. The van der Waals surface area contributed by atoms with Crippen LogP contribution < -0.4 is 5.73 Å². The molecular formula is C18H23N7S2. The fourth-order valence-electron chi connectivity index (χ4n) is 4.26. The number of hydrogen-bond acceptors (Lipinski definition) is 8. The van der Waals surface area contributed by atoms with Gasteiger partial charge in [0.05, 0.1) is 17.2 Å². The molecule has 9 heteroatoms. The van der Waals surface area contributed by atoms with E-state index in [1.165, 1.54) is 42.5 Å². The van der Waals surface area contributed by atoms with Crippen molar-refractivity contribution in [2.75, 3.05) is 5.73 Å². The summed E-state index contributed by atoms with van der Waals surface area (Å²) in [5.41, 5.74) is 7.75. The van der Waals surface area contributed by atoms with E-state index in [0.717, 1.165) is 46.9 Å². The van der Waals surface area contributed by atoms with Crippen LogP contribution in [0.25, 0.3) is 10.2 Å². The molecule has 0 radical (unpaired) electrons. The summed E-state index contributed by atoms with van der Waals surface area (Å²) in [5, 5.41) is 14.2. The molecule has 0 aliphatic heterocycles. The average Bonchev–Trinajstić information content (AvgIpc) is 3.37. The van der Waals surface area contributed by atoms with Crippen molar-refractivity contribution in [1.29, 1.82) is 0 Å². The molecule has 0 bridgehead atoms. The van der Waals surface area contributed by atoms with Gasteiger partial charge < -0.3 is 5.73 Å². The van der Waals surface area contributed by atoms with Gasteiger partial charge in [0.25, 0.3) is 0 Å². The van der Waals surface area contributed by atoms with Crippen molar-refractivity contribution in [2.45, 2.75) is 74.7 Å². The largest absolute Gasteiger partial charge is 0.383 e. The van der Waals surface area contributed by atoms with Crippen LogP contribution in [-0.2, 0) is 18.6 Å². The maximum Gasteiger partial charge on any atom is 0.210 e. The third kappa shape index (κ3) is 3.31. The van der Waals surface area contributed by atoms with Crippen LogP contribution in [0.5, 0.6) is 0 Å². The van der Waals surface area contributed by atoms with E-state index in [9.17, 15) is 0 Å². The maximum absolute atomic E-state index is 6.36. The molecule has 7 nitrogen and oxygen atoms in total. The lowest BCUT2D eigenvalue weighted by Gasteiger charge is -2.10. The zero-order chi connectivity index (χ0) is 18.2. The molecule has 0 unspecified atom stereocenters. The van der Waals surface area contributed by atoms with Crippen molar-refractivity contribution < 1.29 is 0 Å². The van der Waals surface area contributed by atoms with Crippen molar-refractivity contribution in [3.8, 4) is 0 Å². The van der Waals surface area contributed by atoms with Gasteiger partial charge in [-0.25, -0.2) is 14.6 Å². The fraction of sp³-hybridized carbons (Fsp3) is 0.611. The van der Waals surface area contributed by atoms with Crippen LogP contribution in [0.15, 0.2) is 5.16 Å². The number of anilines is 1. The number of tetrazole rings is 1. The minimum Gasteiger partial charge on any atom is -0.383 e. The highest BCUT2D eigenvalue weighted by molar-refractivity contribution is 7.98. The molecule has 0 atom stereocenters. The van der Waals surface area contributed by atoms with Crippen LogP contribution in [-0.4, -0.2) is 30.2 Å². The number of nitrogens with two attached hydrogens (primary N) is 1. The summed E-state index contributed by atoms with van der Waals surface area (Å²) >= 11 is 3.40. The number of thiophene rings is 1. The summed E-state index contributed by atoms with van der Waals surface area (Å²) in [4.78, 5) is 11.9. The average molecular weight is 402 g/mol. The highest BCUT2D eigenvalue weighted by Gasteiger charge is 2.23. The Bertz CT molecular complexity index is 958. The molecule has 5 rings (SSSR count). The first-order chi connectivity index (χ1) is 13.3. The van der Waals surface area contributed by atoms with Gasteiger partial charge in [0, 0.05) is 4.88 Å². The SMILES string of the molecule is Nc1nc(CSc2nnnn2C2CCCC2)nc2sc3c(c12)CCCCC3. The molecule has 3 aromatic heterocycles. The summed E-state index contributed by atoms with van der Waals surface area (Å²) in [5.74, 6) is 2.03. The lowest BCUT2D eigenvalue weighted by Crippen LogP contribution is -2.08. The maximum atomic E-state index is 6.36. The van der Waals surface area contributed by atoms with E-state index < -0.39 is 0 Å². The van der Waals surface area contributed by atoms with Crippen molar-refractivity contribution in [3.05, 3.63) is 16.3 Å². The highest BCUT2D eigenvalue weighted by atomic mass is 32.2.